The lowest BCUT2D eigenvalue weighted by molar-refractivity contribution is -0.357. The van der Waals surface area contributed by atoms with Crippen molar-refractivity contribution in [3.63, 3.8) is 0 Å². The number of aliphatic hydroxyl groups is 1. The van der Waals surface area contributed by atoms with Gasteiger partial charge in [-0.15, -0.1) is 0 Å². The zero-order chi connectivity index (χ0) is 33.3. The van der Waals surface area contributed by atoms with E-state index in [0.29, 0.717) is 0 Å². The van der Waals surface area contributed by atoms with E-state index in [2.05, 4.69) is 0 Å². The van der Waals surface area contributed by atoms with Crippen LogP contribution in [-0.2, 0) is 80.9 Å². The molecule has 0 aliphatic carbocycles. The Bertz CT molecular complexity index is 1090. The van der Waals surface area contributed by atoms with Crippen molar-refractivity contribution in [2.45, 2.75) is 110 Å². The van der Waals surface area contributed by atoms with Crippen LogP contribution in [0, 0.1) is 0 Å². The van der Waals surface area contributed by atoms with Crippen molar-refractivity contribution in [1.82, 2.24) is 0 Å². The van der Waals surface area contributed by atoms with Crippen LogP contribution in [0.4, 0.5) is 0 Å². The summed E-state index contributed by atoms with van der Waals surface area (Å²) in [6.07, 6.45) is -16.4. The smallest absolute Gasteiger partial charge is 0.303 e. The molecule has 2 heterocycles. The number of rotatable bonds is 11. The van der Waals surface area contributed by atoms with Crippen molar-refractivity contribution >= 4 is 41.8 Å². The van der Waals surface area contributed by atoms with Gasteiger partial charge in [0.2, 0.25) is 0 Å². The molecule has 0 aromatic rings. The van der Waals surface area contributed by atoms with Crippen LogP contribution < -0.4 is 0 Å². The van der Waals surface area contributed by atoms with Gasteiger partial charge in [0.05, 0.1) is 0 Å². The maximum absolute atomic E-state index is 12.2. The van der Waals surface area contributed by atoms with Crippen LogP contribution in [-0.4, -0.2) is 122 Å². The molecule has 0 saturated carbocycles. The maximum atomic E-state index is 12.2. The Morgan fingerprint density at radius 3 is 1.27 bits per heavy atom. The number of carbonyl (C=O) groups is 7. The molecule has 2 aliphatic heterocycles. The zero-order valence-electron chi connectivity index (χ0n) is 25.1. The van der Waals surface area contributed by atoms with E-state index >= 15 is 0 Å². The van der Waals surface area contributed by atoms with E-state index in [1.165, 1.54) is 0 Å². The van der Waals surface area contributed by atoms with Crippen LogP contribution in [0.15, 0.2) is 0 Å². The second kappa shape index (κ2) is 16.3. The van der Waals surface area contributed by atoms with Crippen molar-refractivity contribution < 1.29 is 86.0 Å². The SMILES string of the molecule is CC(=O)OC[C@@H]1OC(O)[C@@H](OC(C)=O)[C@H](O[C@@H]2O[C@H](COC(C)=O)[C@@H](OC(C)=O)[C@H](OC(C)=O)[C@H]2OC(C)=O)[C@H]1OC(C)=O. The summed E-state index contributed by atoms with van der Waals surface area (Å²) in [6, 6.07) is 0. The van der Waals surface area contributed by atoms with Gasteiger partial charge in [-0.1, -0.05) is 0 Å². The number of esters is 7. The average Bonchev–Trinajstić information content (AvgIpc) is 2.87. The normalized spacial score (nSPS) is 31.5. The molecule has 0 radical (unpaired) electrons. The van der Waals surface area contributed by atoms with Crippen molar-refractivity contribution in [1.29, 1.82) is 0 Å². The summed E-state index contributed by atoms with van der Waals surface area (Å²) in [5, 5.41) is 10.8. The summed E-state index contributed by atoms with van der Waals surface area (Å²) >= 11 is 0. The van der Waals surface area contributed by atoms with E-state index < -0.39 is 116 Å². The van der Waals surface area contributed by atoms with E-state index in [1.807, 2.05) is 0 Å². The lowest BCUT2D eigenvalue weighted by atomic mass is 9.96. The summed E-state index contributed by atoms with van der Waals surface area (Å²) in [6.45, 7) is 6.13. The van der Waals surface area contributed by atoms with Gasteiger partial charge in [0.25, 0.3) is 0 Å². The fourth-order valence-electron chi connectivity index (χ4n) is 4.49. The maximum Gasteiger partial charge on any atom is 0.303 e. The summed E-state index contributed by atoms with van der Waals surface area (Å²) in [5.41, 5.74) is 0. The highest BCUT2D eigenvalue weighted by atomic mass is 16.8. The van der Waals surface area contributed by atoms with Gasteiger partial charge in [-0.3, -0.25) is 33.6 Å². The van der Waals surface area contributed by atoms with Crippen LogP contribution in [0.2, 0.25) is 0 Å². The summed E-state index contributed by atoms with van der Waals surface area (Å²) < 4.78 is 54.0. The lowest BCUT2D eigenvalue weighted by Crippen LogP contribution is -2.67. The monoisotopic (exact) mass is 636 g/mol. The van der Waals surface area contributed by atoms with Gasteiger partial charge < -0.3 is 52.5 Å². The summed E-state index contributed by atoms with van der Waals surface area (Å²) in [4.78, 5) is 83.5. The minimum Gasteiger partial charge on any atom is -0.463 e. The highest BCUT2D eigenvalue weighted by Gasteiger charge is 2.57. The Morgan fingerprint density at radius 2 is 0.841 bits per heavy atom. The molecule has 2 rings (SSSR count). The second-order valence-corrected chi connectivity index (χ2v) is 9.68. The Kier molecular flexibility index (Phi) is 13.4. The summed E-state index contributed by atoms with van der Waals surface area (Å²) in [5.74, 6) is -6.03. The lowest BCUT2D eigenvalue weighted by Gasteiger charge is -2.48. The summed E-state index contributed by atoms with van der Waals surface area (Å²) in [7, 11) is 0. The molecule has 248 valence electrons. The van der Waals surface area contributed by atoms with Crippen LogP contribution in [0.5, 0.6) is 0 Å². The van der Waals surface area contributed by atoms with Crippen LogP contribution in [0.25, 0.3) is 0 Å². The Morgan fingerprint density at radius 1 is 0.477 bits per heavy atom. The average molecular weight is 637 g/mol. The molecule has 44 heavy (non-hydrogen) atoms. The number of carbonyl (C=O) groups excluding carboxylic acids is 7. The van der Waals surface area contributed by atoms with Gasteiger partial charge >= 0.3 is 41.8 Å². The molecule has 2 saturated heterocycles. The molecule has 10 atom stereocenters. The zero-order valence-corrected chi connectivity index (χ0v) is 25.1. The first-order valence-corrected chi connectivity index (χ1v) is 13.3. The Balaban J connectivity index is 2.66. The molecule has 2 fully saturated rings. The van der Waals surface area contributed by atoms with Crippen molar-refractivity contribution in [2.24, 2.45) is 0 Å². The van der Waals surface area contributed by atoms with Crippen LogP contribution in [0.1, 0.15) is 48.5 Å². The predicted octanol–water partition coefficient (Wildman–Crippen LogP) is -1.40. The van der Waals surface area contributed by atoms with Crippen molar-refractivity contribution in [2.75, 3.05) is 13.2 Å². The molecule has 18 nitrogen and oxygen atoms in total. The van der Waals surface area contributed by atoms with Gasteiger partial charge in [0.1, 0.15) is 31.5 Å². The first-order chi connectivity index (χ1) is 20.5. The van der Waals surface area contributed by atoms with E-state index in [1.54, 1.807) is 0 Å². The fourth-order valence-corrected chi connectivity index (χ4v) is 4.49. The van der Waals surface area contributed by atoms with Gasteiger partial charge in [-0.05, 0) is 0 Å². The van der Waals surface area contributed by atoms with Gasteiger partial charge in [-0.25, -0.2) is 0 Å². The predicted molar refractivity (Wildman–Crippen MR) is 135 cm³/mol. The molecule has 0 amide bonds. The second-order valence-electron chi connectivity index (χ2n) is 9.68. The van der Waals surface area contributed by atoms with Crippen LogP contribution >= 0.6 is 0 Å². The standard InChI is InChI=1S/C26H36O18/c1-10(27)35-8-17-19(37-12(3)29)21(23(25(34)42-17)40-15(6)32)44-26-24(41-16(7)33)22(39-14(5)31)20(38-13(4)30)18(43-26)9-36-11(2)28/h17-26,34H,8-9H2,1-7H3/t17-,18+,19-,20+,21+,22-,23-,24+,25?,26-/m0/s1. The number of aliphatic hydroxyl groups excluding tert-OH is 1. The molecular weight excluding hydrogens is 600 g/mol. The van der Waals surface area contributed by atoms with Gasteiger partial charge in [0.15, 0.2) is 43.1 Å². The van der Waals surface area contributed by atoms with Gasteiger partial charge in [-0.2, -0.15) is 0 Å². The molecule has 2 aliphatic rings. The molecule has 0 aromatic heterocycles. The molecule has 0 aromatic carbocycles. The highest BCUT2D eigenvalue weighted by Crippen LogP contribution is 2.35. The molecular formula is C26H36O18. The number of hydrogen-bond acceptors (Lipinski definition) is 18. The third-order valence-corrected chi connectivity index (χ3v) is 5.90. The highest BCUT2D eigenvalue weighted by molar-refractivity contribution is 5.69. The van der Waals surface area contributed by atoms with Crippen LogP contribution in [0.3, 0.4) is 0 Å². The first-order valence-electron chi connectivity index (χ1n) is 13.3. The van der Waals surface area contributed by atoms with E-state index in [9.17, 15) is 38.7 Å². The molecule has 1 N–H and O–H groups in total. The topological polar surface area (TPSA) is 232 Å². The minimum absolute atomic E-state index is 0.560. The van der Waals surface area contributed by atoms with Crippen molar-refractivity contribution in [3.05, 3.63) is 0 Å². The molecule has 1 unspecified atom stereocenters. The third-order valence-electron chi connectivity index (χ3n) is 5.90. The fraction of sp³-hybridized carbons (Fsp3) is 0.731. The quantitative estimate of drug-likeness (QED) is 0.203. The largest absolute Gasteiger partial charge is 0.463 e. The first kappa shape index (κ1) is 36.3. The van der Waals surface area contributed by atoms with E-state index in [0.717, 1.165) is 48.5 Å². The molecule has 0 spiro atoms. The molecule has 18 heteroatoms. The Labute approximate surface area is 251 Å². The van der Waals surface area contributed by atoms with E-state index in [4.69, 9.17) is 47.4 Å². The molecule has 0 bridgehead atoms. The number of ether oxygens (including phenoxy) is 10. The number of hydrogen-bond donors (Lipinski definition) is 1. The minimum atomic E-state index is -1.94. The van der Waals surface area contributed by atoms with E-state index in [-0.39, 0.29) is 0 Å². The Hall–Kier alpha value is -3.87. The van der Waals surface area contributed by atoms with Crippen molar-refractivity contribution in [3.8, 4) is 0 Å². The third kappa shape index (κ3) is 10.7. The van der Waals surface area contributed by atoms with Gasteiger partial charge in [0, 0.05) is 48.5 Å².